The lowest BCUT2D eigenvalue weighted by Gasteiger charge is -2.25. The third kappa shape index (κ3) is 51.6. The van der Waals surface area contributed by atoms with Crippen LogP contribution >= 0.6 is 7.36 Å². The van der Waals surface area contributed by atoms with Crippen LogP contribution in [0.25, 0.3) is 0 Å². The van der Waals surface area contributed by atoms with Crippen LogP contribution in [0.15, 0.2) is 0 Å². The Morgan fingerprint density at radius 1 is 0.238 bits per heavy atom. The lowest BCUT2D eigenvalue weighted by molar-refractivity contribution is -0.596. The monoisotopic (exact) mass is 933 g/mol. The van der Waals surface area contributed by atoms with E-state index in [9.17, 15) is 0 Å². The summed E-state index contributed by atoms with van der Waals surface area (Å²) in [5.74, 6) is 0. The fraction of sp³-hybridized carbons (Fsp3) is 1.00. The molecule has 0 bridgehead atoms. The lowest BCUT2D eigenvalue weighted by Crippen LogP contribution is -2.34. The molecule has 0 saturated heterocycles. The van der Waals surface area contributed by atoms with Gasteiger partial charge in [-0.1, -0.05) is 322 Å². The minimum atomic E-state index is -1.62. The Balaban J connectivity index is 4.19. The first-order valence-electron chi connectivity index (χ1n) is 28.6. The molecule has 380 valence electrons. The first kappa shape index (κ1) is 63.4. The van der Waals surface area contributed by atoms with Crippen LogP contribution in [0, 0.1) is 0 Å². The molecule has 0 radical (unpaired) electrons. The number of rotatable bonds is 58. The van der Waals surface area contributed by atoms with Crippen LogP contribution in [0.4, 0.5) is 0 Å². The van der Waals surface area contributed by atoms with E-state index < -0.39 is 13.1 Å². The summed E-state index contributed by atoms with van der Waals surface area (Å²) < 4.78 is 0. The highest BCUT2D eigenvalue weighted by Crippen LogP contribution is 2.30. The third-order valence-corrected chi connectivity index (χ3v) is 14.4. The van der Waals surface area contributed by atoms with Gasteiger partial charge in [0.2, 0.25) is 0 Å². The summed E-state index contributed by atoms with van der Waals surface area (Å²) in [6.45, 7) is 8.30. The average Bonchev–Trinajstić information content (AvgIpc) is 3.30. The van der Waals surface area contributed by atoms with Crippen molar-refractivity contribution in [3.8, 4) is 0 Å². The number of unbranched alkanes of at least 4 members (excludes halogenated alkanes) is 45. The molecule has 0 saturated carbocycles. The van der Waals surface area contributed by atoms with Crippen molar-refractivity contribution in [1.29, 1.82) is 0 Å². The summed E-state index contributed by atoms with van der Waals surface area (Å²) in [4.78, 5) is 34.0. The van der Waals surface area contributed by atoms with Gasteiger partial charge in [0.05, 0.1) is 19.8 Å². The quantitative estimate of drug-likeness (QED) is 0.0198. The molecule has 1 atom stereocenters. The second-order valence-corrected chi connectivity index (χ2v) is 21.0. The van der Waals surface area contributed by atoms with Crippen LogP contribution in [0.1, 0.15) is 329 Å². The highest BCUT2D eigenvalue weighted by atomic mass is 32.4. The number of hydrogen-bond acceptors (Lipinski definition) is 7. The fourth-order valence-corrected chi connectivity index (χ4v) is 9.27. The zero-order chi connectivity index (χ0) is 45.5. The topological polar surface area (TPSA) is 55.4 Å². The van der Waals surface area contributed by atoms with E-state index in [1.165, 1.54) is 270 Å². The molecule has 0 aromatic heterocycles. The molecule has 0 aliphatic rings. The van der Waals surface area contributed by atoms with E-state index in [-0.39, 0.29) is 0 Å². The highest BCUT2D eigenvalue weighted by Gasteiger charge is 2.36. The minimum absolute atomic E-state index is 0.472. The van der Waals surface area contributed by atoms with E-state index in [0.29, 0.717) is 19.8 Å². The van der Waals surface area contributed by atoms with Crippen molar-refractivity contribution in [2.24, 2.45) is 0 Å². The van der Waals surface area contributed by atoms with E-state index in [2.05, 4.69) is 20.8 Å². The second kappa shape index (κ2) is 56.7. The van der Waals surface area contributed by atoms with Gasteiger partial charge in [-0.25, -0.2) is 14.7 Å². The van der Waals surface area contributed by atoms with Crippen molar-refractivity contribution in [2.45, 2.75) is 335 Å². The smallest absolute Gasteiger partial charge is 0.231 e. The summed E-state index contributed by atoms with van der Waals surface area (Å²) in [7, 11) is -0.874. The molecule has 0 amide bonds. The SMILES string of the molecule is CCCCCCCCCCCCCCCCCCOOC(OOCCCCCCCCCCCCCCCCCC)(OOCCCCCCCCCCCCCCCCCC)[PH2]=S. The molecule has 0 heterocycles. The maximum Gasteiger partial charge on any atom is 0.385 e. The van der Waals surface area contributed by atoms with Gasteiger partial charge >= 0.3 is 5.71 Å². The first-order valence-corrected chi connectivity index (χ1v) is 31.1. The predicted molar refractivity (Wildman–Crippen MR) is 280 cm³/mol. The Morgan fingerprint density at radius 2 is 0.381 bits per heavy atom. The zero-order valence-corrected chi connectivity index (χ0v) is 45.0. The van der Waals surface area contributed by atoms with Gasteiger partial charge in [0.1, 0.15) is 0 Å². The van der Waals surface area contributed by atoms with Crippen LogP contribution in [0.5, 0.6) is 0 Å². The van der Waals surface area contributed by atoms with E-state index in [1.807, 2.05) is 0 Å². The maximum absolute atomic E-state index is 5.71. The lowest BCUT2D eigenvalue weighted by atomic mass is 10.0. The maximum atomic E-state index is 5.71. The van der Waals surface area contributed by atoms with Gasteiger partial charge in [0.15, 0.2) is 0 Å². The van der Waals surface area contributed by atoms with Gasteiger partial charge in [-0.2, -0.15) is 14.7 Å². The molecule has 0 N–H and O–H groups in total. The molecule has 0 aliphatic carbocycles. The molecule has 0 aromatic carbocycles. The molecule has 0 fully saturated rings. The minimum Gasteiger partial charge on any atom is -0.231 e. The molecular weight excluding hydrogens is 820 g/mol. The summed E-state index contributed by atoms with van der Waals surface area (Å²) in [5.41, 5.74) is -1.62. The highest BCUT2D eigenvalue weighted by molar-refractivity contribution is 7.96. The summed E-state index contributed by atoms with van der Waals surface area (Å²) >= 11 is 5.51. The summed E-state index contributed by atoms with van der Waals surface area (Å²) in [6.07, 6.45) is 64.3. The van der Waals surface area contributed by atoms with E-state index >= 15 is 0 Å². The largest absolute Gasteiger partial charge is 0.385 e. The fourth-order valence-electron chi connectivity index (χ4n) is 8.60. The Kier molecular flexibility index (Phi) is 57.1. The Hall–Kier alpha value is 0.410. The van der Waals surface area contributed by atoms with E-state index in [1.54, 1.807) is 0 Å². The van der Waals surface area contributed by atoms with Gasteiger partial charge < -0.3 is 0 Å². The van der Waals surface area contributed by atoms with Crippen molar-refractivity contribution >= 4 is 19.2 Å². The van der Waals surface area contributed by atoms with Crippen LogP contribution in [0.3, 0.4) is 0 Å². The molecule has 1 unspecified atom stereocenters. The Bertz CT molecular complexity index is 739. The van der Waals surface area contributed by atoms with Gasteiger partial charge in [0.25, 0.3) is 0 Å². The molecule has 8 heteroatoms. The van der Waals surface area contributed by atoms with Crippen molar-refractivity contribution in [3.63, 3.8) is 0 Å². The molecule has 0 spiro atoms. The normalized spacial score (nSPS) is 12.2. The summed E-state index contributed by atoms with van der Waals surface area (Å²) in [5, 5.41) is 0. The third-order valence-electron chi connectivity index (χ3n) is 12.9. The molecule has 63 heavy (non-hydrogen) atoms. The standard InChI is InChI=1S/C55H113O6PS/c1-4-7-10-13-16-19-22-25-28-31-34-37-40-43-46-49-52-56-59-55(62-63,60-57-53-50-47-44-41-38-35-32-29-26-23-20-17-14-11-8-5-2)61-58-54-51-48-45-42-39-36-33-30-27-24-21-18-15-12-9-6-3/h4-54,62H2,1-3H3. The molecule has 6 nitrogen and oxygen atoms in total. The van der Waals surface area contributed by atoms with Gasteiger partial charge in [-0.05, 0) is 19.3 Å². The van der Waals surface area contributed by atoms with Crippen molar-refractivity contribution in [3.05, 3.63) is 0 Å². The van der Waals surface area contributed by atoms with Gasteiger partial charge in [-0.15, -0.1) is 0 Å². The molecule has 0 aromatic rings. The molecular formula is C55H113O6PS. The Labute approximate surface area is 401 Å². The predicted octanol–water partition coefficient (Wildman–Crippen LogP) is 20.1. The van der Waals surface area contributed by atoms with Crippen molar-refractivity contribution in [2.75, 3.05) is 19.8 Å². The number of hydrogen-bond donors (Lipinski definition) is 0. The molecule has 0 aliphatic heterocycles. The van der Waals surface area contributed by atoms with Crippen LogP contribution < -0.4 is 0 Å². The van der Waals surface area contributed by atoms with E-state index in [0.717, 1.165) is 38.5 Å². The zero-order valence-electron chi connectivity index (χ0n) is 43.0. The summed E-state index contributed by atoms with van der Waals surface area (Å²) in [6, 6.07) is 0. The molecule has 0 rings (SSSR count). The van der Waals surface area contributed by atoms with Gasteiger partial charge in [0, 0.05) is 7.36 Å². The first-order chi connectivity index (χ1) is 31.2. The average molecular weight is 934 g/mol. The van der Waals surface area contributed by atoms with Crippen LogP contribution in [-0.2, 0) is 41.1 Å². The van der Waals surface area contributed by atoms with Crippen LogP contribution in [-0.4, -0.2) is 25.5 Å². The van der Waals surface area contributed by atoms with Crippen molar-refractivity contribution < 1.29 is 29.3 Å². The van der Waals surface area contributed by atoms with Crippen molar-refractivity contribution in [1.82, 2.24) is 0 Å². The van der Waals surface area contributed by atoms with E-state index in [4.69, 9.17) is 41.1 Å². The Morgan fingerprint density at radius 3 is 0.524 bits per heavy atom. The van der Waals surface area contributed by atoms with Crippen LogP contribution in [0.2, 0.25) is 0 Å². The van der Waals surface area contributed by atoms with Gasteiger partial charge in [-0.3, -0.25) is 0 Å². The second-order valence-electron chi connectivity index (χ2n) is 19.3.